The van der Waals surface area contributed by atoms with Gasteiger partial charge in [0.05, 0.1) is 11.1 Å². The molecule has 2 N–H and O–H groups in total. The number of benzene rings is 1. The molecule has 0 spiro atoms. The molecule has 1 aliphatic heterocycles. The lowest BCUT2D eigenvalue weighted by molar-refractivity contribution is -0.137. The van der Waals surface area contributed by atoms with Gasteiger partial charge in [0.1, 0.15) is 0 Å². The smallest absolute Gasteiger partial charge is 0.348 e. The van der Waals surface area contributed by atoms with Crippen LogP contribution in [-0.4, -0.2) is 25.0 Å². The van der Waals surface area contributed by atoms with Crippen molar-refractivity contribution in [2.45, 2.75) is 25.1 Å². The summed E-state index contributed by atoms with van der Waals surface area (Å²) >= 11 is 0. The molecule has 2 rings (SSSR count). The van der Waals surface area contributed by atoms with Crippen LogP contribution in [0.4, 0.5) is 13.2 Å². The van der Waals surface area contributed by atoms with Crippen LogP contribution >= 0.6 is 0 Å². The van der Waals surface area contributed by atoms with Gasteiger partial charge >= 0.3 is 6.18 Å². The molecular weight excluding hydrogens is 257 g/mol. The predicted molar refractivity (Wildman–Crippen MR) is 64.8 cm³/mol. The Balaban J connectivity index is 2.14. The molecule has 0 saturated carbocycles. The van der Waals surface area contributed by atoms with Gasteiger partial charge in [0, 0.05) is 12.6 Å². The first-order valence-corrected chi connectivity index (χ1v) is 6.16. The lowest BCUT2D eigenvalue weighted by atomic mass is 10.0. The van der Waals surface area contributed by atoms with Crippen LogP contribution in [0.5, 0.6) is 0 Å². The standard InChI is InChI=1S/C13H15F3N2O/c14-13(15,16)11-6-2-1-5-10(11)12(19)18-9-4-3-7-17-8-9/h1-2,5-6,9,17H,3-4,7-8H2,(H,18,19). The zero-order chi connectivity index (χ0) is 13.9. The topological polar surface area (TPSA) is 41.1 Å². The maximum Gasteiger partial charge on any atom is 0.417 e. The summed E-state index contributed by atoms with van der Waals surface area (Å²) in [6.45, 7) is 1.48. The van der Waals surface area contributed by atoms with Gasteiger partial charge in [-0.3, -0.25) is 4.79 Å². The Morgan fingerprint density at radius 3 is 2.68 bits per heavy atom. The quantitative estimate of drug-likeness (QED) is 0.866. The summed E-state index contributed by atoms with van der Waals surface area (Å²) in [5.41, 5.74) is -1.21. The molecule has 1 atom stereocenters. The third-order valence-electron chi connectivity index (χ3n) is 3.11. The van der Waals surface area contributed by atoms with E-state index < -0.39 is 17.6 Å². The van der Waals surface area contributed by atoms with Crippen molar-refractivity contribution in [1.82, 2.24) is 10.6 Å². The second-order valence-electron chi connectivity index (χ2n) is 4.56. The number of nitrogens with one attached hydrogen (secondary N) is 2. The highest BCUT2D eigenvalue weighted by molar-refractivity contribution is 5.96. The molecule has 19 heavy (non-hydrogen) atoms. The van der Waals surface area contributed by atoms with Crippen LogP contribution in [0.3, 0.4) is 0 Å². The van der Waals surface area contributed by atoms with Crippen molar-refractivity contribution in [3.8, 4) is 0 Å². The summed E-state index contributed by atoms with van der Waals surface area (Å²) < 4.78 is 38.4. The lowest BCUT2D eigenvalue weighted by Gasteiger charge is -2.24. The van der Waals surface area contributed by atoms with E-state index in [9.17, 15) is 18.0 Å². The van der Waals surface area contributed by atoms with Crippen molar-refractivity contribution in [3.05, 3.63) is 35.4 Å². The minimum atomic E-state index is -4.52. The van der Waals surface area contributed by atoms with Crippen LogP contribution in [0, 0.1) is 0 Å². The van der Waals surface area contributed by atoms with Gasteiger partial charge in [0.2, 0.25) is 0 Å². The first kappa shape index (κ1) is 13.9. The van der Waals surface area contributed by atoms with Crippen LogP contribution in [0.15, 0.2) is 24.3 Å². The van der Waals surface area contributed by atoms with E-state index in [4.69, 9.17) is 0 Å². The fourth-order valence-corrected chi connectivity index (χ4v) is 2.17. The van der Waals surface area contributed by atoms with Crippen LogP contribution in [0.1, 0.15) is 28.8 Å². The van der Waals surface area contributed by atoms with E-state index in [0.717, 1.165) is 25.5 Å². The lowest BCUT2D eigenvalue weighted by Crippen LogP contribution is -2.45. The van der Waals surface area contributed by atoms with Gasteiger partial charge in [-0.1, -0.05) is 12.1 Å². The molecule has 1 aromatic rings. The number of hydrogen-bond acceptors (Lipinski definition) is 2. The number of rotatable bonds is 2. The summed E-state index contributed by atoms with van der Waals surface area (Å²) in [5, 5.41) is 5.75. The van der Waals surface area contributed by atoms with E-state index in [1.807, 2.05) is 0 Å². The SMILES string of the molecule is O=C(NC1CCCNC1)c1ccccc1C(F)(F)F. The summed E-state index contributed by atoms with van der Waals surface area (Å²) in [4.78, 5) is 11.9. The van der Waals surface area contributed by atoms with Crippen molar-refractivity contribution in [2.75, 3.05) is 13.1 Å². The van der Waals surface area contributed by atoms with E-state index in [2.05, 4.69) is 10.6 Å². The molecule has 3 nitrogen and oxygen atoms in total. The summed E-state index contributed by atoms with van der Waals surface area (Å²) in [5.74, 6) is -0.665. The molecule has 1 fully saturated rings. The summed E-state index contributed by atoms with van der Waals surface area (Å²) in [6.07, 6.45) is -2.82. The van der Waals surface area contributed by atoms with E-state index in [0.29, 0.717) is 6.54 Å². The van der Waals surface area contributed by atoms with Gasteiger partial charge < -0.3 is 10.6 Å². The molecule has 6 heteroatoms. The number of carbonyl (C=O) groups excluding carboxylic acids is 1. The number of halogens is 3. The maximum absolute atomic E-state index is 12.8. The minimum Gasteiger partial charge on any atom is -0.348 e. The third kappa shape index (κ3) is 3.47. The zero-order valence-electron chi connectivity index (χ0n) is 10.3. The van der Waals surface area contributed by atoms with Crippen LogP contribution in [0.25, 0.3) is 0 Å². The highest BCUT2D eigenvalue weighted by Crippen LogP contribution is 2.31. The summed E-state index contributed by atoms with van der Waals surface area (Å²) in [7, 11) is 0. The van der Waals surface area contributed by atoms with E-state index in [-0.39, 0.29) is 11.6 Å². The second-order valence-corrected chi connectivity index (χ2v) is 4.56. The van der Waals surface area contributed by atoms with Crippen molar-refractivity contribution < 1.29 is 18.0 Å². The number of hydrogen-bond donors (Lipinski definition) is 2. The van der Waals surface area contributed by atoms with E-state index >= 15 is 0 Å². The second kappa shape index (κ2) is 5.61. The van der Waals surface area contributed by atoms with Gasteiger partial charge in [-0.15, -0.1) is 0 Å². The fourth-order valence-electron chi connectivity index (χ4n) is 2.17. The Hall–Kier alpha value is -1.56. The fraction of sp³-hybridized carbons (Fsp3) is 0.462. The molecule has 1 aliphatic rings. The molecule has 1 aromatic carbocycles. The average molecular weight is 272 g/mol. The van der Waals surface area contributed by atoms with Gasteiger partial charge in [0.25, 0.3) is 5.91 Å². The Morgan fingerprint density at radius 1 is 1.32 bits per heavy atom. The third-order valence-corrected chi connectivity index (χ3v) is 3.11. The Labute approximate surface area is 109 Å². The molecule has 104 valence electrons. The van der Waals surface area contributed by atoms with Gasteiger partial charge in [-0.05, 0) is 31.5 Å². The normalized spacial score (nSPS) is 20.1. The monoisotopic (exact) mass is 272 g/mol. The molecule has 0 aliphatic carbocycles. The highest BCUT2D eigenvalue weighted by atomic mass is 19.4. The molecule has 1 heterocycles. The van der Waals surface area contributed by atoms with Crippen LogP contribution < -0.4 is 10.6 Å². The first-order chi connectivity index (χ1) is 8.98. The number of amides is 1. The minimum absolute atomic E-state index is 0.109. The highest BCUT2D eigenvalue weighted by Gasteiger charge is 2.35. The largest absolute Gasteiger partial charge is 0.417 e. The van der Waals surface area contributed by atoms with Gasteiger partial charge in [0.15, 0.2) is 0 Å². The van der Waals surface area contributed by atoms with Crippen LogP contribution in [-0.2, 0) is 6.18 Å². The van der Waals surface area contributed by atoms with Crippen LogP contribution in [0.2, 0.25) is 0 Å². The molecule has 1 amide bonds. The molecule has 0 bridgehead atoms. The van der Waals surface area contributed by atoms with Crippen molar-refractivity contribution in [2.24, 2.45) is 0 Å². The average Bonchev–Trinajstić information content (AvgIpc) is 2.39. The Bertz CT molecular complexity index is 453. The first-order valence-electron chi connectivity index (χ1n) is 6.16. The summed E-state index contributed by atoms with van der Waals surface area (Å²) in [6, 6.07) is 4.73. The Kier molecular flexibility index (Phi) is 4.09. The predicted octanol–water partition coefficient (Wildman–Crippen LogP) is 2.19. The molecular formula is C13H15F3N2O. The molecule has 1 saturated heterocycles. The number of alkyl halides is 3. The molecule has 0 radical (unpaired) electrons. The van der Waals surface area contributed by atoms with Gasteiger partial charge in [-0.25, -0.2) is 0 Å². The van der Waals surface area contributed by atoms with Crippen molar-refractivity contribution in [1.29, 1.82) is 0 Å². The number of piperidine rings is 1. The molecule has 0 aromatic heterocycles. The Morgan fingerprint density at radius 2 is 2.05 bits per heavy atom. The molecule has 1 unspecified atom stereocenters. The maximum atomic E-state index is 12.8. The van der Waals surface area contributed by atoms with Crippen molar-refractivity contribution in [3.63, 3.8) is 0 Å². The zero-order valence-corrected chi connectivity index (χ0v) is 10.3. The van der Waals surface area contributed by atoms with Crippen molar-refractivity contribution >= 4 is 5.91 Å². The van der Waals surface area contributed by atoms with E-state index in [1.54, 1.807) is 0 Å². The number of carbonyl (C=O) groups is 1. The van der Waals surface area contributed by atoms with Gasteiger partial charge in [-0.2, -0.15) is 13.2 Å². The van der Waals surface area contributed by atoms with E-state index in [1.165, 1.54) is 18.2 Å².